The topological polar surface area (TPSA) is 65.8 Å². The van der Waals surface area contributed by atoms with Crippen molar-refractivity contribution in [3.8, 4) is 6.07 Å². The molecular formula is C13H17N3OS. The van der Waals surface area contributed by atoms with Crippen LogP contribution < -0.4 is 5.32 Å². The van der Waals surface area contributed by atoms with Crippen molar-refractivity contribution in [1.29, 1.82) is 5.26 Å². The van der Waals surface area contributed by atoms with E-state index in [0.29, 0.717) is 11.6 Å². The molecule has 0 radical (unpaired) electrons. The molecule has 0 saturated heterocycles. The summed E-state index contributed by atoms with van der Waals surface area (Å²) in [5.41, 5.74) is 0.156. The molecule has 1 heterocycles. The van der Waals surface area contributed by atoms with Crippen molar-refractivity contribution in [3.05, 3.63) is 10.6 Å². The van der Waals surface area contributed by atoms with Gasteiger partial charge >= 0.3 is 0 Å². The lowest BCUT2D eigenvalue weighted by Gasteiger charge is -2.17. The fraction of sp³-hybridized carbons (Fsp3) is 0.615. The molecule has 0 saturated carbocycles. The predicted octanol–water partition coefficient (Wildman–Crippen LogP) is 2.90. The molecule has 0 fully saturated rings. The molecular weight excluding hydrogens is 246 g/mol. The molecule has 1 atom stereocenters. The molecule has 18 heavy (non-hydrogen) atoms. The third-order valence-electron chi connectivity index (χ3n) is 3.52. The number of nitrogens with one attached hydrogen (secondary N) is 1. The lowest BCUT2D eigenvalue weighted by molar-refractivity contribution is -0.122. The normalized spacial score (nSPS) is 17.4. The van der Waals surface area contributed by atoms with E-state index in [2.05, 4.69) is 16.4 Å². The molecule has 1 unspecified atom stereocenters. The molecule has 1 amide bonds. The second kappa shape index (κ2) is 5.07. The Hall–Kier alpha value is -1.41. The molecule has 1 N–H and O–H groups in total. The van der Waals surface area contributed by atoms with E-state index >= 15 is 0 Å². The van der Waals surface area contributed by atoms with Crippen LogP contribution in [0, 0.1) is 16.7 Å². The Kier molecular flexibility index (Phi) is 3.67. The first-order valence-corrected chi connectivity index (χ1v) is 7.12. The van der Waals surface area contributed by atoms with Crippen LogP contribution in [0.1, 0.15) is 43.7 Å². The van der Waals surface area contributed by atoms with Gasteiger partial charge in [0.25, 0.3) is 0 Å². The lowest BCUT2D eigenvalue weighted by Crippen LogP contribution is -2.31. The number of hydrogen-bond acceptors (Lipinski definition) is 4. The third-order valence-corrected chi connectivity index (χ3v) is 4.59. The number of fused-ring (bicyclic) bond motifs is 1. The molecule has 2 rings (SSSR count). The summed E-state index contributed by atoms with van der Waals surface area (Å²) in [5, 5.41) is 12.5. The fourth-order valence-electron chi connectivity index (χ4n) is 1.93. The highest BCUT2D eigenvalue weighted by molar-refractivity contribution is 7.15. The zero-order valence-corrected chi connectivity index (χ0v) is 11.6. The van der Waals surface area contributed by atoms with Gasteiger partial charge in [0.15, 0.2) is 5.13 Å². The van der Waals surface area contributed by atoms with Crippen molar-refractivity contribution in [2.24, 2.45) is 5.41 Å². The first kappa shape index (κ1) is 13.0. The molecule has 0 bridgehead atoms. The Bertz CT molecular complexity index is 479. The van der Waals surface area contributed by atoms with E-state index in [0.717, 1.165) is 18.5 Å². The van der Waals surface area contributed by atoms with Crippen LogP contribution in [0.15, 0.2) is 0 Å². The number of anilines is 1. The van der Waals surface area contributed by atoms with Gasteiger partial charge in [-0.1, -0.05) is 6.92 Å². The zero-order valence-electron chi connectivity index (χ0n) is 10.7. The SMILES string of the molecule is CCC(C)(C#N)C(=O)Nc1nc2c(s1)CCCC2. The maximum absolute atomic E-state index is 12.0. The van der Waals surface area contributed by atoms with Crippen molar-refractivity contribution < 1.29 is 4.79 Å². The Labute approximate surface area is 111 Å². The van der Waals surface area contributed by atoms with Crippen LogP contribution in [0.25, 0.3) is 0 Å². The molecule has 96 valence electrons. The number of nitrogens with zero attached hydrogens (tertiary/aromatic N) is 2. The van der Waals surface area contributed by atoms with Crippen LogP contribution >= 0.6 is 11.3 Å². The van der Waals surface area contributed by atoms with Gasteiger partial charge in [-0.3, -0.25) is 4.79 Å². The van der Waals surface area contributed by atoms with E-state index in [-0.39, 0.29) is 5.91 Å². The van der Waals surface area contributed by atoms with E-state index < -0.39 is 5.41 Å². The summed E-state index contributed by atoms with van der Waals surface area (Å²) >= 11 is 1.55. The monoisotopic (exact) mass is 263 g/mol. The summed E-state index contributed by atoms with van der Waals surface area (Å²) < 4.78 is 0. The highest BCUT2D eigenvalue weighted by Gasteiger charge is 2.32. The predicted molar refractivity (Wildman–Crippen MR) is 71.4 cm³/mol. The Morgan fingerprint density at radius 2 is 2.28 bits per heavy atom. The van der Waals surface area contributed by atoms with Crippen LogP contribution in [-0.4, -0.2) is 10.9 Å². The van der Waals surface area contributed by atoms with Crippen LogP contribution in [0.2, 0.25) is 0 Å². The standard InChI is InChI=1S/C13H17N3OS/c1-3-13(2,8-14)11(17)16-12-15-9-6-4-5-7-10(9)18-12/h3-7H2,1-2H3,(H,15,16,17). The summed E-state index contributed by atoms with van der Waals surface area (Å²) in [6.45, 7) is 3.51. The number of hydrogen-bond donors (Lipinski definition) is 1. The highest BCUT2D eigenvalue weighted by Crippen LogP contribution is 2.31. The first-order chi connectivity index (χ1) is 8.59. The Morgan fingerprint density at radius 3 is 2.89 bits per heavy atom. The van der Waals surface area contributed by atoms with Crippen molar-refractivity contribution in [1.82, 2.24) is 4.98 Å². The summed E-state index contributed by atoms with van der Waals surface area (Å²) in [6, 6.07) is 2.07. The highest BCUT2D eigenvalue weighted by atomic mass is 32.1. The van der Waals surface area contributed by atoms with Gasteiger partial charge in [0, 0.05) is 4.88 Å². The largest absolute Gasteiger partial charge is 0.301 e. The molecule has 0 aromatic carbocycles. The summed E-state index contributed by atoms with van der Waals surface area (Å²) in [5.74, 6) is -0.251. The van der Waals surface area contributed by atoms with E-state index in [1.807, 2.05) is 6.92 Å². The van der Waals surface area contributed by atoms with Crippen LogP contribution in [0.3, 0.4) is 0 Å². The van der Waals surface area contributed by atoms with Gasteiger partial charge in [-0.15, -0.1) is 11.3 Å². The van der Waals surface area contributed by atoms with Crippen LogP contribution in [0.4, 0.5) is 5.13 Å². The van der Waals surface area contributed by atoms with Gasteiger partial charge in [0.2, 0.25) is 5.91 Å². The fourth-order valence-corrected chi connectivity index (χ4v) is 2.98. The van der Waals surface area contributed by atoms with E-state index in [9.17, 15) is 4.79 Å². The first-order valence-electron chi connectivity index (χ1n) is 6.30. The number of carbonyl (C=O) groups is 1. The number of thiazole rings is 1. The minimum absolute atomic E-state index is 0.251. The second-order valence-electron chi connectivity index (χ2n) is 4.85. The Morgan fingerprint density at radius 1 is 1.56 bits per heavy atom. The van der Waals surface area contributed by atoms with Gasteiger partial charge in [-0.05, 0) is 39.0 Å². The zero-order chi connectivity index (χ0) is 13.2. The maximum atomic E-state index is 12.0. The molecule has 4 nitrogen and oxygen atoms in total. The number of rotatable bonds is 3. The number of carbonyl (C=O) groups excluding carboxylic acids is 1. The van der Waals surface area contributed by atoms with Gasteiger partial charge in [0.05, 0.1) is 11.8 Å². The van der Waals surface area contributed by atoms with E-state index in [1.165, 1.54) is 17.7 Å². The summed E-state index contributed by atoms with van der Waals surface area (Å²) in [7, 11) is 0. The van der Waals surface area contributed by atoms with E-state index in [4.69, 9.17) is 5.26 Å². The number of aryl methyl sites for hydroxylation is 2. The summed E-state index contributed by atoms with van der Waals surface area (Å²) in [4.78, 5) is 17.8. The average molecular weight is 263 g/mol. The van der Waals surface area contributed by atoms with Gasteiger partial charge in [-0.25, -0.2) is 4.98 Å². The van der Waals surface area contributed by atoms with Crippen molar-refractivity contribution in [3.63, 3.8) is 0 Å². The smallest absolute Gasteiger partial charge is 0.246 e. The molecule has 1 aliphatic rings. The van der Waals surface area contributed by atoms with Gasteiger partial charge < -0.3 is 5.32 Å². The summed E-state index contributed by atoms with van der Waals surface area (Å²) in [6.07, 6.45) is 4.94. The molecule has 0 aliphatic heterocycles. The van der Waals surface area contributed by atoms with Crippen LogP contribution in [-0.2, 0) is 17.6 Å². The molecule has 1 aromatic heterocycles. The molecule has 1 aliphatic carbocycles. The molecule has 5 heteroatoms. The third kappa shape index (κ3) is 2.39. The maximum Gasteiger partial charge on any atom is 0.246 e. The van der Waals surface area contributed by atoms with E-state index in [1.54, 1.807) is 18.3 Å². The van der Waals surface area contributed by atoms with Crippen molar-refractivity contribution in [2.45, 2.75) is 46.0 Å². The second-order valence-corrected chi connectivity index (χ2v) is 5.93. The quantitative estimate of drug-likeness (QED) is 0.911. The molecule has 1 aromatic rings. The van der Waals surface area contributed by atoms with Gasteiger partial charge in [-0.2, -0.15) is 5.26 Å². The number of nitriles is 1. The number of amides is 1. The lowest BCUT2D eigenvalue weighted by atomic mass is 9.88. The number of aromatic nitrogens is 1. The van der Waals surface area contributed by atoms with Gasteiger partial charge in [0.1, 0.15) is 5.41 Å². The van der Waals surface area contributed by atoms with Crippen molar-refractivity contribution >= 4 is 22.4 Å². The average Bonchev–Trinajstić information content (AvgIpc) is 2.79. The molecule has 0 spiro atoms. The minimum atomic E-state index is -0.966. The van der Waals surface area contributed by atoms with Crippen molar-refractivity contribution in [2.75, 3.05) is 5.32 Å². The van der Waals surface area contributed by atoms with Crippen LogP contribution in [0.5, 0.6) is 0 Å². The minimum Gasteiger partial charge on any atom is -0.301 e. The Balaban J connectivity index is 2.13.